The maximum atomic E-state index is 14.5. The van der Waals surface area contributed by atoms with Crippen molar-refractivity contribution in [2.75, 3.05) is 27.3 Å². The van der Waals surface area contributed by atoms with E-state index in [0.29, 0.717) is 35.1 Å². The Morgan fingerprint density at radius 2 is 1.94 bits per heavy atom. The van der Waals surface area contributed by atoms with E-state index in [0.717, 1.165) is 29.9 Å². The topological polar surface area (TPSA) is 85.3 Å². The summed E-state index contributed by atoms with van der Waals surface area (Å²) in [6.45, 7) is 1.40. The number of benzene rings is 2. The van der Waals surface area contributed by atoms with Gasteiger partial charge in [0.05, 0.1) is 14.2 Å². The second kappa shape index (κ2) is 8.20. The number of ether oxygens (including phenoxy) is 2. The number of guanidine groups is 1. The highest BCUT2D eigenvalue weighted by molar-refractivity contribution is 6.12. The first-order chi connectivity index (χ1) is 16.1. The Morgan fingerprint density at radius 3 is 2.73 bits per heavy atom. The summed E-state index contributed by atoms with van der Waals surface area (Å²) in [7, 11) is 3.21. The van der Waals surface area contributed by atoms with Crippen LogP contribution in [0.1, 0.15) is 17.5 Å². The smallest absolute Gasteiger partial charge is 0.220 e. The number of pyridine rings is 1. The maximum absolute atomic E-state index is 14.5. The van der Waals surface area contributed by atoms with Crippen molar-refractivity contribution in [3.05, 3.63) is 77.9 Å². The van der Waals surface area contributed by atoms with E-state index in [4.69, 9.17) is 25.2 Å². The van der Waals surface area contributed by atoms with Crippen molar-refractivity contribution >= 4 is 11.8 Å². The Kier molecular flexibility index (Phi) is 5.20. The third-order valence-corrected chi connectivity index (χ3v) is 6.09. The van der Waals surface area contributed by atoms with Crippen molar-refractivity contribution in [1.82, 2.24) is 9.88 Å². The van der Waals surface area contributed by atoms with Gasteiger partial charge in [0.1, 0.15) is 17.3 Å². The molecule has 3 aromatic rings. The summed E-state index contributed by atoms with van der Waals surface area (Å²) in [5, 5.41) is 0. The molecule has 2 aliphatic heterocycles. The zero-order valence-electron chi connectivity index (χ0n) is 18.5. The molecule has 33 heavy (non-hydrogen) atoms. The first-order valence-electron chi connectivity index (χ1n) is 10.7. The van der Waals surface area contributed by atoms with E-state index >= 15 is 0 Å². The molecule has 2 aromatic carbocycles. The van der Waals surface area contributed by atoms with Gasteiger partial charge in [0.25, 0.3) is 0 Å². The summed E-state index contributed by atoms with van der Waals surface area (Å²) < 4.78 is 25.7. The van der Waals surface area contributed by atoms with Gasteiger partial charge in [0.15, 0.2) is 11.5 Å². The van der Waals surface area contributed by atoms with Crippen molar-refractivity contribution in [3.8, 4) is 22.6 Å². The second-order valence-electron chi connectivity index (χ2n) is 7.88. The fourth-order valence-electron chi connectivity index (χ4n) is 4.56. The molecule has 0 spiro atoms. The van der Waals surface area contributed by atoms with Crippen LogP contribution < -0.4 is 15.2 Å². The maximum Gasteiger partial charge on any atom is 0.220 e. The van der Waals surface area contributed by atoms with E-state index in [2.05, 4.69) is 4.98 Å². The number of fused-ring (bicyclic) bond motifs is 1. The lowest BCUT2D eigenvalue weighted by atomic mass is 9.80. The monoisotopic (exact) mass is 445 g/mol. The molecule has 1 atom stereocenters. The predicted octanol–water partition coefficient (Wildman–Crippen LogP) is 3.58. The number of rotatable bonds is 5. The Bertz CT molecular complexity index is 1280. The number of hydrogen-bond acceptors (Lipinski definition) is 7. The molecule has 0 bridgehead atoms. The third kappa shape index (κ3) is 3.29. The van der Waals surface area contributed by atoms with Crippen LogP contribution in [-0.2, 0) is 5.54 Å². The SMILES string of the molecule is COc1ccc(C2(c3cccc(-c4cccnc4F)c3)N=C(N)N3CCCN=C32)c(OC)c1. The normalized spacial score (nSPS) is 19.5. The van der Waals surface area contributed by atoms with Crippen LogP contribution in [0.4, 0.5) is 4.39 Å². The lowest BCUT2D eigenvalue weighted by molar-refractivity contribution is 0.387. The van der Waals surface area contributed by atoms with E-state index in [9.17, 15) is 4.39 Å². The Morgan fingerprint density at radius 1 is 1.06 bits per heavy atom. The molecule has 0 radical (unpaired) electrons. The minimum absolute atomic E-state index is 0.393. The molecule has 0 fully saturated rings. The zero-order valence-corrected chi connectivity index (χ0v) is 18.5. The number of nitrogens with two attached hydrogens (primary N) is 1. The van der Waals surface area contributed by atoms with Gasteiger partial charge < -0.3 is 15.2 Å². The average Bonchev–Trinajstić information content (AvgIpc) is 3.17. The fraction of sp³-hybridized carbons (Fsp3) is 0.240. The van der Waals surface area contributed by atoms with Crippen LogP contribution in [0.15, 0.2) is 70.8 Å². The summed E-state index contributed by atoms with van der Waals surface area (Å²) >= 11 is 0. The standard InChI is InChI=1S/C25H24FN5O2/c1-32-18-9-10-20(21(15-18)33-2)25(23-29-12-5-13-31(23)24(27)30-25)17-7-3-6-16(14-17)19-8-4-11-28-22(19)26/h3-4,6-11,14-15H,5,12-13H2,1-2H3,(H2,27,30). The van der Waals surface area contributed by atoms with Gasteiger partial charge in [-0.3, -0.25) is 9.89 Å². The highest BCUT2D eigenvalue weighted by Gasteiger charge is 2.50. The first kappa shape index (κ1) is 20.9. The molecule has 2 aliphatic rings. The summed E-state index contributed by atoms with van der Waals surface area (Å²) in [5.41, 5.74) is 8.06. The minimum atomic E-state index is -1.04. The highest BCUT2D eigenvalue weighted by Crippen LogP contribution is 2.46. The van der Waals surface area contributed by atoms with Crippen LogP contribution in [0.25, 0.3) is 11.1 Å². The van der Waals surface area contributed by atoms with Crippen molar-refractivity contribution in [2.24, 2.45) is 15.7 Å². The minimum Gasteiger partial charge on any atom is -0.497 e. The number of nitrogens with zero attached hydrogens (tertiary/aromatic N) is 4. The molecule has 0 saturated heterocycles. The largest absolute Gasteiger partial charge is 0.497 e. The molecule has 2 N–H and O–H groups in total. The number of amidine groups is 1. The summed E-state index contributed by atoms with van der Waals surface area (Å²) in [6, 6.07) is 16.6. The summed E-state index contributed by atoms with van der Waals surface area (Å²) in [6.07, 6.45) is 2.32. The number of halogens is 1. The quantitative estimate of drug-likeness (QED) is 0.607. The van der Waals surface area contributed by atoms with Gasteiger partial charge in [0, 0.05) is 36.5 Å². The van der Waals surface area contributed by atoms with Gasteiger partial charge in [-0.2, -0.15) is 4.39 Å². The molecule has 168 valence electrons. The molecule has 0 aliphatic carbocycles. The van der Waals surface area contributed by atoms with E-state index in [-0.39, 0.29) is 0 Å². The molecule has 3 heterocycles. The first-order valence-corrected chi connectivity index (χ1v) is 10.7. The number of aliphatic imine (C=N–C) groups is 2. The van der Waals surface area contributed by atoms with Gasteiger partial charge in [-0.05, 0) is 47.9 Å². The lowest BCUT2D eigenvalue weighted by Crippen LogP contribution is -2.46. The average molecular weight is 445 g/mol. The van der Waals surface area contributed by atoms with Gasteiger partial charge in [-0.15, -0.1) is 0 Å². The molecule has 1 unspecified atom stereocenters. The number of aromatic nitrogens is 1. The number of hydrogen-bond donors (Lipinski definition) is 1. The Balaban J connectivity index is 1.79. The zero-order chi connectivity index (χ0) is 23.0. The van der Waals surface area contributed by atoms with Gasteiger partial charge in [0.2, 0.25) is 5.95 Å². The summed E-state index contributed by atoms with van der Waals surface area (Å²) in [4.78, 5) is 15.6. The number of methoxy groups -OCH3 is 2. The van der Waals surface area contributed by atoms with Crippen molar-refractivity contribution in [3.63, 3.8) is 0 Å². The molecule has 0 amide bonds. The van der Waals surface area contributed by atoms with Crippen LogP contribution >= 0.6 is 0 Å². The van der Waals surface area contributed by atoms with Crippen LogP contribution in [0, 0.1) is 5.95 Å². The lowest BCUT2D eigenvalue weighted by Gasteiger charge is -2.34. The molecule has 8 heteroatoms. The third-order valence-electron chi connectivity index (χ3n) is 6.09. The van der Waals surface area contributed by atoms with Crippen molar-refractivity contribution in [1.29, 1.82) is 0 Å². The molecular weight excluding hydrogens is 421 g/mol. The van der Waals surface area contributed by atoms with Crippen LogP contribution in [0.2, 0.25) is 0 Å². The van der Waals surface area contributed by atoms with Crippen molar-refractivity contribution < 1.29 is 13.9 Å². The van der Waals surface area contributed by atoms with Crippen LogP contribution in [-0.4, -0.2) is 49.0 Å². The van der Waals surface area contributed by atoms with Gasteiger partial charge in [-0.1, -0.05) is 18.2 Å². The van der Waals surface area contributed by atoms with E-state index < -0.39 is 11.5 Å². The van der Waals surface area contributed by atoms with E-state index in [1.54, 1.807) is 26.4 Å². The molecule has 1 aromatic heterocycles. The van der Waals surface area contributed by atoms with Crippen LogP contribution in [0.3, 0.4) is 0 Å². The summed E-state index contributed by atoms with van der Waals surface area (Å²) in [5.74, 6) is 1.85. The van der Waals surface area contributed by atoms with E-state index in [1.165, 1.54) is 6.20 Å². The Labute approximate surface area is 191 Å². The second-order valence-corrected chi connectivity index (χ2v) is 7.88. The fourth-order valence-corrected chi connectivity index (χ4v) is 4.56. The molecule has 5 rings (SSSR count). The highest BCUT2D eigenvalue weighted by atomic mass is 19.1. The van der Waals surface area contributed by atoms with E-state index in [1.807, 2.05) is 47.4 Å². The van der Waals surface area contributed by atoms with Gasteiger partial charge in [-0.25, -0.2) is 9.98 Å². The molecule has 7 nitrogen and oxygen atoms in total. The molecule has 0 saturated carbocycles. The van der Waals surface area contributed by atoms with Gasteiger partial charge >= 0.3 is 0 Å². The van der Waals surface area contributed by atoms with Crippen molar-refractivity contribution in [2.45, 2.75) is 12.0 Å². The van der Waals surface area contributed by atoms with Crippen LogP contribution in [0.5, 0.6) is 11.5 Å². The Hall–Kier alpha value is -3.94. The predicted molar refractivity (Wildman–Crippen MR) is 125 cm³/mol. The molecular formula is C25H24FN5O2.